The summed E-state index contributed by atoms with van der Waals surface area (Å²) in [5.74, 6) is 0. The molecule has 0 saturated carbocycles. The van der Waals surface area contributed by atoms with Crippen LogP contribution >= 0.6 is 27.3 Å². The van der Waals surface area contributed by atoms with Crippen molar-refractivity contribution in [2.24, 2.45) is 5.73 Å². The van der Waals surface area contributed by atoms with Crippen LogP contribution in [0.1, 0.15) is 4.88 Å². The number of hydrogen-bond acceptors (Lipinski definition) is 2. The van der Waals surface area contributed by atoms with Crippen molar-refractivity contribution in [3.63, 3.8) is 0 Å². The standard InChI is InChI=1S/C11H11BrN2OS/c1-14(11(13)15)6-7-5-8-9(12)3-2-4-10(8)16-7/h2-5H,6H2,1H3,(H2,13,15). The molecule has 2 N–H and O–H groups in total. The SMILES string of the molecule is CN(Cc1cc2c(Br)cccc2s1)C(N)=O. The normalized spacial score (nSPS) is 10.6. The molecule has 0 aliphatic heterocycles. The Morgan fingerprint density at radius 2 is 2.31 bits per heavy atom. The number of primary amides is 1. The average molecular weight is 299 g/mol. The molecule has 2 rings (SSSR count). The van der Waals surface area contributed by atoms with Gasteiger partial charge in [0.15, 0.2) is 0 Å². The van der Waals surface area contributed by atoms with E-state index in [2.05, 4.69) is 28.1 Å². The summed E-state index contributed by atoms with van der Waals surface area (Å²) in [5, 5.41) is 1.18. The predicted octanol–water partition coefficient (Wildman–Crippen LogP) is 3.17. The highest BCUT2D eigenvalue weighted by atomic mass is 79.9. The summed E-state index contributed by atoms with van der Waals surface area (Å²) in [6.07, 6.45) is 0. The van der Waals surface area contributed by atoms with Crippen molar-refractivity contribution in [2.45, 2.75) is 6.54 Å². The Morgan fingerprint density at radius 3 is 2.94 bits per heavy atom. The minimum absolute atomic E-state index is 0.406. The van der Waals surface area contributed by atoms with Crippen molar-refractivity contribution in [2.75, 3.05) is 7.05 Å². The van der Waals surface area contributed by atoms with Gasteiger partial charge in [-0.05, 0) is 18.2 Å². The fourth-order valence-corrected chi connectivity index (χ4v) is 3.22. The minimum Gasteiger partial charge on any atom is -0.351 e. The molecule has 16 heavy (non-hydrogen) atoms. The van der Waals surface area contributed by atoms with Crippen LogP contribution in [0.5, 0.6) is 0 Å². The van der Waals surface area contributed by atoms with E-state index >= 15 is 0 Å². The second kappa shape index (κ2) is 4.43. The Balaban J connectivity index is 2.33. The Kier molecular flexibility index (Phi) is 3.16. The van der Waals surface area contributed by atoms with E-state index in [1.807, 2.05) is 12.1 Å². The van der Waals surface area contributed by atoms with Crippen LogP contribution in [0.3, 0.4) is 0 Å². The van der Waals surface area contributed by atoms with E-state index in [1.165, 1.54) is 15.0 Å². The van der Waals surface area contributed by atoms with Gasteiger partial charge in [0, 0.05) is 26.5 Å². The van der Waals surface area contributed by atoms with Gasteiger partial charge in [-0.15, -0.1) is 11.3 Å². The molecule has 0 spiro atoms. The van der Waals surface area contributed by atoms with E-state index in [9.17, 15) is 4.79 Å². The van der Waals surface area contributed by atoms with Gasteiger partial charge in [0.1, 0.15) is 0 Å². The van der Waals surface area contributed by atoms with Gasteiger partial charge >= 0.3 is 6.03 Å². The Hall–Kier alpha value is -1.07. The van der Waals surface area contributed by atoms with Gasteiger partial charge in [0.2, 0.25) is 0 Å². The first-order valence-electron chi connectivity index (χ1n) is 4.75. The second-order valence-corrected chi connectivity index (χ2v) is 5.58. The van der Waals surface area contributed by atoms with Crippen molar-refractivity contribution in [1.29, 1.82) is 0 Å². The molecule has 0 saturated heterocycles. The first-order valence-corrected chi connectivity index (χ1v) is 6.36. The van der Waals surface area contributed by atoms with Crippen molar-refractivity contribution < 1.29 is 4.79 Å². The first-order chi connectivity index (χ1) is 7.58. The van der Waals surface area contributed by atoms with Gasteiger partial charge in [-0.2, -0.15) is 0 Å². The van der Waals surface area contributed by atoms with Crippen molar-refractivity contribution in [3.8, 4) is 0 Å². The Bertz CT molecular complexity index is 538. The predicted molar refractivity (Wildman–Crippen MR) is 70.6 cm³/mol. The maximum Gasteiger partial charge on any atom is 0.314 e. The maximum absolute atomic E-state index is 10.9. The van der Waals surface area contributed by atoms with Crippen molar-refractivity contribution in [1.82, 2.24) is 4.90 Å². The van der Waals surface area contributed by atoms with Crippen LogP contribution in [-0.4, -0.2) is 18.0 Å². The zero-order chi connectivity index (χ0) is 11.7. The highest BCUT2D eigenvalue weighted by Crippen LogP contribution is 2.31. The highest BCUT2D eigenvalue weighted by Gasteiger charge is 2.08. The summed E-state index contributed by atoms with van der Waals surface area (Å²) in [6.45, 7) is 0.557. The van der Waals surface area contributed by atoms with E-state index in [-0.39, 0.29) is 0 Å². The summed E-state index contributed by atoms with van der Waals surface area (Å²) in [7, 11) is 1.70. The fourth-order valence-electron chi connectivity index (χ4n) is 1.47. The van der Waals surface area contributed by atoms with Crippen LogP contribution in [0, 0.1) is 0 Å². The molecular weight excluding hydrogens is 288 g/mol. The molecular formula is C11H11BrN2OS. The molecule has 84 valence electrons. The molecule has 3 nitrogen and oxygen atoms in total. The van der Waals surface area contributed by atoms with Crippen LogP contribution in [0.4, 0.5) is 4.79 Å². The Morgan fingerprint density at radius 1 is 1.56 bits per heavy atom. The zero-order valence-corrected chi connectivity index (χ0v) is 11.1. The minimum atomic E-state index is -0.406. The largest absolute Gasteiger partial charge is 0.351 e. The number of nitrogens with two attached hydrogens (primary N) is 1. The van der Waals surface area contributed by atoms with Crippen LogP contribution < -0.4 is 5.73 Å². The fraction of sp³-hybridized carbons (Fsp3) is 0.182. The lowest BCUT2D eigenvalue weighted by Gasteiger charge is -2.11. The average Bonchev–Trinajstić information content (AvgIpc) is 2.61. The van der Waals surface area contributed by atoms with Crippen LogP contribution in [0.2, 0.25) is 0 Å². The molecule has 0 bridgehead atoms. The summed E-state index contributed by atoms with van der Waals surface area (Å²) in [6, 6.07) is 7.76. The Labute approximate surface area is 106 Å². The third-order valence-electron chi connectivity index (χ3n) is 2.33. The van der Waals surface area contributed by atoms with E-state index in [0.29, 0.717) is 6.54 Å². The molecule has 0 aliphatic carbocycles. The number of hydrogen-bond donors (Lipinski definition) is 1. The van der Waals surface area contributed by atoms with Gasteiger partial charge in [-0.3, -0.25) is 0 Å². The lowest BCUT2D eigenvalue weighted by Crippen LogP contribution is -2.31. The maximum atomic E-state index is 10.9. The molecule has 1 aromatic carbocycles. The lowest BCUT2D eigenvalue weighted by atomic mass is 10.2. The van der Waals surface area contributed by atoms with Crippen LogP contribution in [-0.2, 0) is 6.54 Å². The van der Waals surface area contributed by atoms with Crippen LogP contribution in [0.25, 0.3) is 10.1 Å². The molecule has 0 atom stereocenters. The second-order valence-electron chi connectivity index (χ2n) is 3.56. The number of nitrogens with zero attached hydrogens (tertiary/aromatic N) is 1. The third kappa shape index (κ3) is 2.20. The van der Waals surface area contributed by atoms with Gasteiger partial charge in [-0.1, -0.05) is 22.0 Å². The van der Waals surface area contributed by atoms with Crippen molar-refractivity contribution in [3.05, 3.63) is 33.6 Å². The summed E-state index contributed by atoms with van der Waals surface area (Å²) in [5.41, 5.74) is 5.19. The molecule has 0 unspecified atom stereocenters. The van der Waals surface area contributed by atoms with Gasteiger partial charge in [0.05, 0.1) is 6.54 Å². The molecule has 2 aromatic rings. The quantitative estimate of drug-likeness (QED) is 0.909. The smallest absolute Gasteiger partial charge is 0.314 e. The summed E-state index contributed by atoms with van der Waals surface area (Å²) in [4.78, 5) is 13.6. The molecule has 2 amide bonds. The number of fused-ring (bicyclic) bond motifs is 1. The van der Waals surface area contributed by atoms with Crippen molar-refractivity contribution >= 4 is 43.4 Å². The molecule has 0 radical (unpaired) electrons. The van der Waals surface area contributed by atoms with Gasteiger partial charge in [-0.25, -0.2) is 4.79 Å². The number of halogens is 1. The number of benzene rings is 1. The highest BCUT2D eigenvalue weighted by molar-refractivity contribution is 9.10. The summed E-state index contributed by atoms with van der Waals surface area (Å²) >= 11 is 5.18. The molecule has 0 fully saturated rings. The zero-order valence-electron chi connectivity index (χ0n) is 8.74. The number of carbonyl (C=O) groups excluding carboxylic acids is 1. The van der Waals surface area contributed by atoms with Gasteiger partial charge in [0.25, 0.3) is 0 Å². The van der Waals surface area contributed by atoms with Gasteiger partial charge < -0.3 is 10.6 Å². The number of amides is 2. The van der Waals surface area contributed by atoms with E-state index in [1.54, 1.807) is 18.4 Å². The molecule has 5 heteroatoms. The molecule has 0 aliphatic rings. The number of rotatable bonds is 2. The lowest BCUT2D eigenvalue weighted by molar-refractivity contribution is 0.217. The third-order valence-corrected chi connectivity index (χ3v) is 4.11. The topological polar surface area (TPSA) is 46.3 Å². The number of carbonyl (C=O) groups is 1. The first kappa shape index (κ1) is 11.4. The summed E-state index contributed by atoms with van der Waals surface area (Å²) < 4.78 is 2.29. The van der Waals surface area contributed by atoms with E-state index in [0.717, 1.165) is 9.35 Å². The molecule has 1 heterocycles. The monoisotopic (exact) mass is 298 g/mol. The van der Waals surface area contributed by atoms with Crippen LogP contribution in [0.15, 0.2) is 28.7 Å². The number of urea groups is 1. The van der Waals surface area contributed by atoms with E-state index < -0.39 is 6.03 Å². The number of thiophene rings is 1. The van der Waals surface area contributed by atoms with E-state index in [4.69, 9.17) is 5.73 Å². The molecule has 1 aromatic heterocycles.